The van der Waals surface area contributed by atoms with Crippen LogP contribution in [-0.4, -0.2) is 14.5 Å². The lowest BCUT2D eigenvalue weighted by Gasteiger charge is -2.12. The van der Waals surface area contributed by atoms with Crippen LogP contribution in [0.1, 0.15) is 20.3 Å². The molecule has 1 aromatic rings. The summed E-state index contributed by atoms with van der Waals surface area (Å²) in [6, 6.07) is 8.13. The van der Waals surface area contributed by atoms with Crippen molar-refractivity contribution in [3.05, 3.63) is 42.5 Å². The van der Waals surface area contributed by atoms with Gasteiger partial charge in [-0.25, -0.2) is 0 Å². The van der Waals surface area contributed by atoms with Crippen LogP contribution in [0.15, 0.2) is 47.4 Å². The van der Waals surface area contributed by atoms with Crippen LogP contribution >= 0.6 is 0 Å². The summed E-state index contributed by atoms with van der Waals surface area (Å²) in [6.45, 7) is 7.28. The monoisotopic (exact) mass is 240 g/mol. The SMILES string of the molecule is C=C(C)CC(C)OS(=O)(=O)c1ccccc1. The maximum atomic E-state index is 11.8. The molecule has 0 aromatic heterocycles. The molecule has 1 unspecified atom stereocenters. The highest BCUT2D eigenvalue weighted by Crippen LogP contribution is 2.16. The average Bonchev–Trinajstić information content (AvgIpc) is 2.16. The third-order valence-corrected chi connectivity index (χ3v) is 3.39. The van der Waals surface area contributed by atoms with E-state index in [1.807, 2.05) is 6.92 Å². The average molecular weight is 240 g/mol. The van der Waals surface area contributed by atoms with Gasteiger partial charge in [-0.1, -0.05) is 23.8 Å². The highest BCUT2D eigenvalue weighted by molar-refractivity contribution is 7.86. The summed E-state index contributed by atoms with van der Waals surface area (Å²) < 4.78 is 28.6. The first-order valence-electron chi connectivity index (χ1n) is 5.04. The molecule has 1 rings (SSSR count). The molecule has 0 N–H and O–H groups in total. The smallest absolute Gasteiger partial charge is 0.263 e. The van der Waals surface area contributed by atoms with Gasteiger partial charge in [0.1, 0.15) is 0 Å². The van der Waals surface area contributed by atoms with Crippen LogP contribution in [0.3, 0.4) is 0 Å². The van der Waals surface area contributed by atoms with E-state index in [0.717, 1.165) is 5.57 Å². The van der Waals surface area contributed by atoms with Crippen molar-refractivity contribution in [2.45, 2.75) is 31.3 Å². The van der Waals surface area contributed by atoms with Crippen LogP contribution in [0.4, 0.5) is 0 Å². The van der Waals surface area contributed by atoms with Crippen molar-refractivity contribution in [2.24, 2.45) is 0 Å². The minimum Gasteiger partial charge on any atom is -0.263 e. The fourth-order valence-corrected chi connectivity index (χ4v) is 2.49. The van der Waals surface area contributed by atoms with Crippen molar-refractivity contribution in [1.29, 1.82) is 0 Å². The number of benzene rings is 1. The summed E-state index contributed by atoms with van der Waals surface area (Å²) >= 11 is 0. The summed E-state index contributed by atoms with van der Waals surface area (Å²) in [7, 11) is -3.65. The molecule has 4 heteroatoms. The second kappa shape index (κ2) is 5.27. The molecule has 0 aliphatic rings. The van der Waals surface area contributed by atoms with Crippen molar-refractivity contribution < 1.29 is 12.6 Å². The van der Waals surface area contributed by atoms with Gasteiger partial charge in [0.2, 0.25) is 0 Å². The fraction of sp³-hybridized carbons (Fsp3) is 0.333. The molecule has 0 spiro atoms. The first-order valence-corrected chi connectivity index (χ1v) is 6.45. The first-order chi connectivity index (χ1) is 7.42. The van der Waals surface area contributed by atoms with Crippen molar-refractivity contribution in [3.8, 4) is 0 Å². The van der Waals surface area contributed by atoms with Gasteiger partial charge in [0.15, 0.2) is 0 Å². The molecule has 0 saturated carbocycles. The van der Waals surface area contributed by atoms with Crippen LogP contribution in [0, 0.1) is 0 Å². The Morgan fingerprint density at radius 2 is 1.94 bits per heavy atom. The number of hydrogen-bond donors (Lipinski definition) is 0. The third-order valence-electron chi connectivity index (χ3n) is 1.96. The Hall–Kier alpha value is -1.13. The Balaban J connectivity index is 2.77. The summed E-state index contributed by atoms with van der Waals surface area (Å²) in [6.07, 6.45) is 0.147. The minimum atomic E-state index is -3.65. The lowest BCUT2D eigenvalue weighted by atomic mass is 10.2. The summed E-state index contributed by atoms with van der Waals surface area (Å²) in [4.78, 5) is 0.184. The maximum absolute atomic E-state index is 11.8. The quantitative estimate of drug-likeness (QED) is 0.587. The molecular weight excluding hydrogens is 224 g/mol. The Morgan fingerprint density at radius 1 is 1.38 bits per heavy atom. The summed E-state index contributed by atoms with van der Waals surface area (Å²) in [5, 5.41) is 0. The number of hydrogen-bond acceptors (Lipinski definition) is 3. The molecular formula is C12H16O3S. The minimum absolute atomic E-state index is 0.184. The zero-order chi connectivity index (χ0) is 12.2. The van der Waals surface area contributed by atoms with Gasteiger partial charge in [-0.05, 0) is 32.4 Å². The van der Waals surface area contributed by atoms with Gasteiger partial charge in [0.05, 0.1) is 11.0 Å². The van der Waals surface area contributed by atoms with Gasteiger partial charge in [0.25, 0.3) is 10.1 Å². The molecule has 0 fully saturated rings. The maximum Gasteiger partial charge on any atom is 0.297 e. The van der Waals surface area contributed by atoms with E-state index in [1.54, 1.807) is 25.1 Å². The van der Waals surface area contributed by atoms with Gasteiger partial charge in [-0.15, -0.1) is 6.58 Å². The van der Waals surface area contributed by atoms with Gasteiger partial charge >= 0.3 is 0 Å². The molecule has 1 atom stereocenters. The van der Waals surface area contributed by atoms with E-state index in [-0.39, 0.29) is 11.0 Å². The molecule has 0 radical (unpaired) electrons. The zero-order valence-electron chi connectivity index (χ0n) is 9.51. The van der Waals surface area contributed by atoms with Crippen LogP contribution in [0.2, 0.25) is 0 Å². The zero-order valence-corrected chi connectivity index (χ0v) is 10.3. The Labute approximate surface area is 96.9 Å². The van der Waals surface area contributed by atoms with Crippen LogP contribution < -0.4 is 0 Å². The Morgan fingerprint density at radius 3 is 2.44 bits per heavy atom. The van der Waals surface area contributed by atoms with E-state index in [0.29, 0.717) is 6.42 Å². The second-order valence-corrected chi connectivity index (χ2v) is 5.41. The van der Waals surface area contributed by atoms with E-state index in [9.17, 15) is 8.42 Å². The summed E-state index contributed by atoms with van der Waals surface area (Å²) in [5.74, 6) is 0. The molecule has 3 nitrogen and oxygen atoms in total. The first kappa shape index (κ1) is 12.9. The van der Waals surface area contributed by atoms with Gasteiger partial charge in [0, 0.05) is 0 Å². The van der Waals surface area contributed by atoms with Crippen molar-refractivity contribution >= 4 is 10.1 Å². The van der Waals surface area contributed by atoms with Crippen molar-refractivity contribution in [1.82, 2.24) is 0 Å². The second-order valence-electron chi connectivity index (χ2n) is 3.84. The molecule has 0 amide bonds. The molecule has 88 valence electrons. The molecule has 0 saturated heterocycles. The molecule has 0 aliphatic carbocycles. The predicted molar refractivity (Wildman–Crippen MR) is 63.6 cm³/mol. The van der Waals surface area contributed by atoms with E-state index in [2.05, 4.69) is 6.58 Å². The van der Waals surface area contributed by atoms with E-state index in [4.69, 9.17) is 4.18 Å². The highest BCUT2D eigenvalue weighted by atomic mass is 32.2. The molecule has 1 aromatic carbocycles. The van der Waals surface area contributed by atoms with Crippen LogP contribution in [0.25, 0.3) is 0 Å². The van der Waals surface area contributed by atoms with Crippen molar-refractivity contribution in [2.75, 3.05) is 0 Å². The Bertz CT molecular complexity index is 448. The third kappa shape index (κ3) is 3.79. The highest BCUT2D eigenvalue weighted by Gasteiger charge is 2.18. The van der Waals surface area contributed by atoms with Gasteiger partial charge in [-0.2, -0.15) is 8.42 Å². The number of rotatable bonds is 5. The topological polar surface area (TPSA) is 43.4 Å². The molecule has 0 bridgehead atoms. The van der Waals surface area contributed by atoms with Crippen LogP contribution in [-0.2, 0) is 14.3 Å². The Kier molecular flexibility index (Phi) is 4.26. The lowest BCUT2D eigenvalue weighted by molar-refractivity contribution is 0.229. The lowest BCUT2D eigenvalue weighted by Crippen LogP contribution is -2.15. The largest absolute Gasteiger partial charge is 0.297 e. The van der Waals surface area contributed by atoms with Gasteiger partial charge < -0.3 is 0 Å². The predicted octanol–water partition coefficient (Wildman–Crippen LogP) is 2.75. The van der Waals surface area contributed by atoms with E-state index < -0.39 is 10.1 Å². The van der Waals surface area contributed by atoms with E-state index in [1.165, 1.54) is 12.1 Å². The molecule has 0 heterocycles. The molecule has 0 aliphatic heterocycles. The summed E-state index contributed by atoms with van der Waals surface area (Å²) in [5.41, 5.74) is 0.899. The van der Waals surface area contributed by atoms with E-state index >= 15 is 0 Å². The van der Waals surface area contributed by atoms with Crippen LogP contribution in [0.5, 0.6) is 0 Å². The van der Waals surface area contributed by atoms with Gasteiger partial charge in [-0.3, -0.25) is 4.18 Å². The molecule has 16 heavy (non-hydrogen) atoms. The normalized spacial score (nSPS) is 13.4. The standard InChI is InChI=1S/C12H16O3S/c1-10(2)9-11(3)15-16(13,14)12-7-5-4-6-8-12/h4-8,11H,1,9H2,2-3H3. The fourth-order valence-electron chi connectivity index (χ4n) is 1.38. The van der Waals surface area contributed by atoms with Crippen molar-refractivity contribution in [3.63, 3.8) is 0 Å².